The molecule has 0 saturated carbocycles. The van der Waals surface area contributed by atoms with Gasteiger partial charge in [-0.05, 0) is 30.3 Å². The van der Waals surface area contributed by atoms with Gasteiger partial charge in [-0.3, -0.25) is 4.79 Å². The van der Waals surface area contributed by atoms with E-state index in [9.17, 15) is 22.9 Å². The molecule has 9 heteroatoms. The minimum absolute atomic E-state index is 0.134. The van der Waals surface area contributed by atoms with Crippen LogP contribution >= 0.6 is 11.8 Å². The van der Waals surface area contributed by atoms with Crippen LogP contribution in [0.3, 0.4) is 0 Å². The highest BCUT2D eigenvalue weighted by Crippen LogP contribution is 2.43. The number of hydrogen-bond donors (Lipinski definition) is 0. The molecule has 1 aliphatic heterocycles. The van der Waals surface area contributed by atoms with E-state index in [0.29, 0.717) is 16.9 Å². The number of nitriles is 1. The number of rotatable bonds is 4. The molecular formula is C19H11FN2O4S2. The van der Waals surface area contributed by atoms with Gasteiger partial charge in [-0.15, -0.1) is 11.8 Å². The Morgan fingerprint density at radius 3 is 2.71 bits per heavy atom. The van der Waals surface area contributed by atoms with Gasteiger partial charge in [-0.1, -0.05) is 23.4 Å². The maximum absolute atomic E-state index is 13.6. The van der Waals surface area contributed by atoms with Crippen LogP contribution < -0.4 is 0 Å². The molecule has 6 nitrogen and oxygen atoms in total. The summed E-state index contributed by atoms with van der Waals surface area (Å²) >= 11 is 1.35. The number of carbonyl (C=O) groups is 1. The van der Waals surface area contributed by atoms with E-state index >= 15 is 0 Å². The van der Waals surface area contributed by atoms with Gasteiger partial charge in [0.2, 0.25) is 26.6 Å². The lowest BCUT2D eigenvalue weighted by molar-refractivity contribution is 0.0964. The molecule has 0 amide bonds. The van der Waals surface area contributed by atoms with Crippen molar-refractivity contribution in [2.45, 2.75) is 20.8 Å². The summed E-state index contributed by atoms with van der Waals surface area (Å²) in [6, 6.07) is 13.0. The summed E-state index contributed by atoms with van der Waals surface area (Å²) in [6.07, 6.45) is 0. The highest BCUT2D eigenvalue weighted by molar-refractivity contribution is 7.98. The summed E-state index contributed by atoms with van der Waals surface area (Å²) in [4.78, 5) is 13.5. The van der Waals surface area contributed by atoms with Crippen molar-refractivity contribution in [1.29, 1.82) is 5.26 Å². The smallest absolute Gasteiger partial charge is 0.234 e. The molecule has 1 aromatic heterocycles. The predicted molar refractivity (Wildman–Crippen MR) is 98.8 cm³/mol. The summed E-state index contributed by atoms with van der Waals surface area (Å²) in [7, 11) is -4.24. The van der Waals surface area contributed by atoms with E-state index in [1.807, 2.05) is 0 Å². The minimum Gasteiger partial charge on any atom is -0.352 e. The maximum Gasteiger partial charge on any atom is 0.234 e. The Morgan fingerprint density at radius 2 is 2.00 bits per heavy atom. The molecule has 1 aliphatic rings. The number of fused-ring (bicyclic) bond motifs is 3. The number of ketones is 1. The molecular weight excluding hydrogens is 403 g/mol. The van der Waals surface area contributed by atoms with Gasteiger partial charge in [0, 0.05) is 21.8 Å². The van der Waals surface area contributed by atoms with Crippen molar-refractivity contribution in [2.75, 3.05) is 0 Å². The summed E-state index contributed by atoms with van der Waals surface area (Å²) in [6.45, 7) is 0. The lowest BCUT2D eigenvalue weighted by atomic mass is 10.0. The van der Waals surface area contributed by atoms with Crippen LogP contribution in [0.4, 0.5) is 4.39 Å². The minimum atomic E-state index is -4.24. The van der Waals surface area contributed by atoms with Gasteiger partial charge < -0.3 is 4.52 Å². The number of aromatic nitrogens is 1. The molecule has 2 aromatic carbocycles. The molecule has 2 heterocycles. The topological polar surface area (TPSA) is 101 Å². The molecule has 1 atom stereocenters. The second-order valence-electron chi connectivity index (χ2n) is 6.00. The Hall–Kier alpha value is -2.96. The van der Waals surface area contributed by atoms with Crippen molar-refractivity contribution in [1.82, 2.24) is 5.16 Å². The van der Waals surface area contributed by atoms with E-state index in [0.717, 1.165) is 4.90 Å². The van der Waals surface area contributed by atoms with E-state index in [-0.39, 0.29) is 16.3 Å². The second-order valence-corrected chi connectivity index (χ2v) is 9.05. The monoisotopic (exact) mass is 414 g/mol. The van der Waals surface area contributed by atoms with Crippen LogP contribution in [0.2, 0.25) is 0 Å². The van der Waals surface area contributed by atoms with Crippen molar-refractivity contribution in [3.05, 3.63) is 65.7 Å². The number of halogens is 1. The van der Waals surface area contributed by atoms with Crippen LogP contribution in [-0.4, -0.2) is 24.6 Å². The van der Waals surface area contributed by atoms with Crippen molar-refractivity contribution in [3.8, 4) is 17.3 Å². The number of carbonyl (C=O) groups excluding carboxylic acids is 1. The number of benzene rings is 2. The van der Waals surface area contributed by atoms with Crippen molar-refractivity contribution in [2.24, 2.45) is 0 Å². The van der Waals surface area contributed by atoms with Crippen molar-refractivity contribution >= 4 is 27.4 Å². The fourth-order valence-electron chi connectivity index (χ4n) is 2.95. The molecule has 4 rings (SSSR count). The van der Waals surface area contributed by atoms with Gasteiger partial charge >= 0.3 is 0 Å². The lowest BCUT2D eigenvalue weighted by Gasteiger charge is -2.15. The third-order valence-electron chi connectivity index (χ3n) is 4.32. The average Bonchev–Trinajstić information content (AvgIpc) is 3.13. The average molecular weight is 414 g/mol. The van der Waals surface area contributed by atoms with E-state index in [2.05, 4.69) is 5.16 Å². The first kappa shape index (κ1) is 18.4. The number of hydrogen-bond acceptors (Lipinski definition) is 7. The Labute approximate surface area is 163 Å². The normalized spacial score (nSPS) is 13.9. The summed E-state index contributed by atoms with van der Waals surface area (Å²) in [5, 5.41) is 11.3. The van der Waals surface area contributed by atoms with Gasteiger partial charge in [0.05, 0.1) is 11.0 Å². The zero-order valence-electron chi connectivity index (χ0n) is 14.1. The molecule has 3 aromatic rings. The quantitative estimate of drug-likeness (QED) is 0.601. The molecule has 0 aliphatic carbocycles. The van der Waals surface area contributed by atoms with Crippen LogP contribution in [0.25, 0.3) is 11.3 Å². The van der Waals surface area contributed by atoms with Crippen molar-refractivity contribution < 1.29 is 22.1 Å². The van der Waals surface area contributed by atoms with Crippen LogP contribution in [0.15, 0.2) is 62.8 Å². The van der Waals surface area contributed by atoms with Gasteiger partial charge in [0.15, 0.2) is 0 Å². The first-order valence-corrected chi connectivity index (χ1v) is 10.6. The standard InChI is InChI=1S/C19H11FN2O4S2/c20-11-6-7-15-13(8-11)17-14(10-27-15)19(26-22-17)18(23)16(9-21)28(24,25)12-4-2-1-3-5-12/h1-8,16H,10H2. The second kappa shape index (κ2) is 6.89. The SMILES string of the molecule is N#CC(C(=O)c1onc2c1CSc1ccc(F)cc1-2)S(=O)(=O)c1ccccc1. The van der Waals surface area contributed by atoms with Gasteiger partial charge in [-0.25, -0.2) is 12.8 Å². The number of thioether (sulfide) groups is 1. The zero-order chi connectivity index (χ0) is 19.9. The van der Waals surface area contributed by atoms with Gasteiger partial charge in [0.25, 0.3) is 0 Å². The number of Topliss-reactive ketones (excluding diaryl/α,β-unsaturated/α-hetero) is 1. The molecule has 0 bridgehead atoms. The third kappa shape index (κ3) is 2.91. The molecule has 0 fully saturated rings. The fraction of sp³-hybridized carbons (Fsp3) is 0.105. The number of sulfone groups is 1. The highest BCUT2D eigenvalue weighted by atomic mass is 32.2. The molecule has 0 N–H and O–H groups in total. The predicted octanol–water partition coefficient (Wildman–Crippen LogP) is 3.64. The summed E-state index contributed by atoms with van der Waals surface area (Å²) in [5.74, 6) is -1.45. The van der Waals surface area contributed by atoms with Crippen LogP contribution in [-0.2, 0) is 15.6 Å². The van der Waals surface area contributed by atoms with Crippen molar-refractivity contribution in [3.63, 3.8) is 0 Å². The van der Waals surface area contributed by atoms with E-state index in [1.54, 1.807) is 18.2 Å². The first-order valence-electron chi connectivity index (χ1n) is 8.07. The molecule has 1 unspecified atom stereocenters. The highest BCUT2D eigenvalue weighted by Gasteiger charge is 2.39. The summed E-state index contributed by atoms with van der Waals surface area (Å²) in [5.41, 5.74) is 1.11. The zero-order valence-corrected chi connectivity index (χ0v) is 15.8. The lowest BCUT2D eigenvalue weighted by Crippen LogP contribution is -2.29. The Morgan fingerprint density at radius 1 is 1.25 bits per heavy atom. The largest absolute Gasteiger partial charge is 0.352 e. The van der Waals surface area contributed by atoms with Crippen LogP contribution in [0.1, 0.15) is 16.1 Å². The molecule has 140 valence electrons. The Kier molecular flexibility index (Phi) is 4.53. The fourth-order valence-corrected chi connectivity index (χ4v) is 5.32. The van der Waals surface area contributed by atoms with Gasteiger partial charge in [0.1, 0.15) is 11.5 Å². The van der Waals surface area contributed by atoms with Gasteiger partial charge in [-0.2, -0.15) is 5.26 Å². The Bertz CT molecular complexity index is 1230. The van der Waals surface area contributed by atoms with E-state index < -0.39 is 26.7 Å². The van der Waals surface area contributed by atoms with Crippen LogP contribution in [0.5, 0.6) is 0 Å². The van der Waals surface area contributed by atoms with E-state index in [4.69, 9.17) is 4.52 Å². The maximum atomic E-state index is 13.6. The Balaban J connectivity index is 1.77. The molecule has 0 saturated heterocycles. The van der Waals surface area contributed by atoms with Crippen LogP contribution in [0, 0.1) is 17.1 Å². The number of nitrogens with zero attached hydrogens (tertiary/aromatic N) is 2. The molecule has 0 spiro atoms. The van der Waals surface area contributed by atoms with E-state index in [1.165, 1.54) is 48.2 Å². The molecule has 28 heavy (non-hydrogen) atoms. The molecule has 0 radical (unpaired) electrons. The first-order chi connectivity index (χ1) is 13.4. The third-order valence-corrected chi connectivity index (χ3v) is 7.29. The summed E-state index contributed by atoms with van der Waals surface area (Å²) < 4.78 is 44.3.